The monoisotopic (exact) mass is 433 g/mol. The van der Waals surface area contributed by atoms with Gasteiger partial charge < -0.3 is 14.8 Å². The highest BCUT2D eigenvalue weighted by atomic mass is 16.5. The summed E-state index contributed by atoms with van der Waals surface area (Å²) in [6.07, 6.45) is 4.49. The lowest BCUT2D eigenvalue weighted by Gasteiger charge is -2.30. The molecule has 0 saturated heterocycles. The van der Waals surface area contributed by atoms with Crippen LogP contribution in [0.25, 0.3) is 0 Å². The second kappa shape index (κ2) is 9.23. The molecule has 1 aromatic carbocycles. The number of hydrogen-bond acceptors (Lipinski definition) is 7. The second-order valence-corrected chi connectivity index (χ2v) is 8.19. The van der Waals surface area contributed by atoms with Crippen molar-refractivity contribution in [3.8, 4) is 6.07 Å². The molecule has 2 unspecified atom stereocenters. The van der Waals surface area contributed by atoms with Crippen LogP contribution in [0.4, 0.5) is 0 Å². The van der Waals surface area contributed by atoms with Crippen LogP contribution in [0.3, 0.4) is 0 Å². The third-order valence-corrected chi connectivity index (χ3v) is 5.69. The maximum atomic E-state index is 13.2. The Morgan fingerprint density at radius 2 is 1.88 bits per heavy atom. The molecule has 2 aliphatic rings. The van der Waals surface area contributed by atoms with Gasteiger partial charge in [0.1, 0.15) is 0 Å². The third kappa shape index (κ3) is 4.65. The molecule has 7 heteroatoms. The maximum Gasteiger partial charge on any atom is 0.336 e. The summed E-state index contributed by atoms with van der Waals surface area (Å²) in [5.41, 5.74) is 3.43. The van der Waals surface area contributed by atoms with Crippen LogP contribution in [0, 0.1) is 11.3 Å². The number of ether oxygens (including phenoxy) is 2. The van der Waals surface area contributed by atoms with Crippen LogP contribution in [0.15, 0.2) is 64.0 Å². The molecule has 32 heavy (non-hydrogen) atoms. The molecule has 2 atom stereocenters. The van der Waals surface area contributed by atoms with E-state index in [4.69, 9.17) is 9.47 Å². The fourth-order valence-corrected chi connectivity index (χ4v) is 4.11. The Bertz CT molecular complexity index is 1120. The van der Waals surface area contributed by atoms with Gasteiger partial charge in [-0.25, -0.2) is 9.59 Å². The zero-order valence-corrected chi connectivity index (χ0v) is 19.0. The number of nitrogens with one attached hydrogen (secondary N) is 1. The molecule has 0 aromatic heterocycles. The fraction of sp³-hybridized carbons (Fsp3) is 0.360. The highest BCUT2D eigenvalue weighted by Gasteiger charge is 2.38. The smallest absolute Gasteiger partial charge is 0.336 e. The predicted octanol–water partition coefficient (Wildman–Crippen LogP) is 3.69. The first-order valence-corrected chi connectivity index (χ1v) is 10.4. The van der Waals surface area contributed by atoms with E-state index in [-0.39, 0.29) is 6.61 Å². The topological polar surface area (TPSA) is 101 Å². The zero-order chi connectivity index (χ0) is 23.5. The first kappa shape index (κ1) is 23.0. The van der Waals surface area contributed by atoms with Crippen LogP contribution < -0.4 is 5.32 Å². The van der Waals surface area contributed by atoms with Gasteiger partial charge in [0.05, 0.1) is 48.0 Å². The van der Waals surface area contributed by atoms with E-state index < -0.39 is 23.4 Å². The normalized spacial score (nSPS) is 22.2. The minimum Gasteiger partial charge on any atom is -0.466 e. The lowest BCUT2D eigenvalue weighted by Crippen LogP contribution is -2.32. The number of nitriles is 1. The number of carbonyl (C=O) groups is 2. The Morgan fingerprint density at radius 3 is 2.47 bits per heavy atom. The van der Waals surface area contributed by atoms with Gasteiger partial charge in [0, 0.05) is 23.5 Å². The summed E-state index contributed by atoms with van der Waals surface area (Å²) in [5, 5.41) is 12.4. The highest BCUT2D eigenvalue weighted by Crippen LogP contribution is 2.39. The zero-order valence-electron chi connectivity index (χ0n) is 19.0. The molecule has 0 amide bonds. The molecule has 2 aliphatic heterocycles. The Morgan fingerprint density at radius 1 is 1.19 bits per heavy atom. The molecule has 166 valence electrons. The Balaban J connectivity index is 1.93. The van der Waals surface area contributed by atoms with Gasteiger partial charge >= 0.3 is 11.9 Å². The summed E-state index contributed by atoms with van der Waals surface area (Å²) in [7, 11) is 1.30. The Hall–Kier alpha value is -3.66. The number of allylic oxidation sites excluding steroid dienone is 3. The van der Waals surface area contributed by atoms with Crippen LogP contribution >= 0.6 is 0 Å². The van der Waals surface area contributed by atoms with Gasteiger partial charge in [-0.1, -0.05) is 18.2 Å². The maximum absolute atomic E-state index is 13.2. The van der Waals surface area contributed by atoms with Gasteiger partial charge in [-0.3, -0.25) is 4.99 Å². The van der Waals surface area contributed by atoms with Crippen molar-refractivity contribution in [3.63, 3.8) is 0 Å². The predicted molar refractivity (Wildman–Crippen MR) is 121 cm³/mol. The summed E-state index contributed by atoms with van der Waals surface area (Å²) in [5.74, 6) is -1.79. The number of benzene rings is 1. The van der Waals surface area contributed by atoms with E-state index in [1.54, 1.807) is 38.1 Å². The van der Waals surface area contributed by atoms with Crippen LogP contribution in [0.2, 0.25) is 0 Å². The molecule has 1 N–H and O–H groups in total. The van der Waals surface area contributed by atoms with E-state index in [0.29, 0.717) is 40.1 Å². The van der Waals surface area contributed by atoms with Crippen LogP contribution in [-0.2, 0) is 19.1 Å². The summed E-state index contributed by atoms with van der Waals surface area (Å²) < 4.78 is 10.6. The average molecular weight is 434 g/mol. The molecule has 3 rings (SSSR count). The standard InChI is InChI=1S/C25H27N3O4/c1-15-9-10-25(4,28-15)11-12-32-24(30)21-17(3)27-16(2)20(23(29)31-5)22(21)19-8-6-7-18(13-19)14-26/h6-10,13,22,27H,11-12H2,1-5H3. The van der Waals surface area contributed by atoms with Gasteiger partial charge in [0.2, 0.25) is 0 Å². The lowest BCUT2D eigenvalue weighted by atomic mass is 9.80. The second-order valence-electron chi connectivity index (χ2n) is 8.19. The Kier molecular flexibility index (Phi) is 6.64. The van der Waals surface area contributed by atoms with E-state index in [1.807, 2.05) is 26.0 Å². The minimum atomic E-state index is -0.716. The molecule has 7 nitrogen and oxygen atoms in total. The molecule has 0 saturated carbocycles. The van der Waals surface area contributed by atoms with Crippen molar-refractivity contribution in [3.05, 3.63) is 70.1 Å². The van der Waals surface area contributed by atoms with Crippen molar-refractivity contribution >= 4 is 17.7 Å². The van der Waals surface area contributed by atoms with Gasteiger partial charge in [-0.2, -0.15) is 5.26 Å². The number of dihydropyridines is 1. The van der Waals surface area contributed by atoms with E-state index in [0.717, 1.165) is 5.71 Å². The van der Waals surface area contributed by atoms with E-state index >= 15 is 0 Å². The minimum absolute atomic E-state index is 0.175. The van der Waals surface area contributed by atoms with E-state index in [1.165, 1.54) is 7.11 Å². The highest BCUT2D eigenvalue weighted by molar-refractivity contribution is 6.00. The summed E-state index contributed by atoms with van der Waals surface area (Å²) in [4.78, 5) is 30.5. The van der Waals surface area contributed by atoms with Crippen molar-refractivity contribution < 1.29 is 19.1 Å². The van der Waals surface area contributed by atoms with Gasteiger partial charge in [0.25, 0.3) is 0 Å². The van der Waals surface area contributed by atoms with Crippen LogP contribution in [0.1, 0.15) is 51.2 Å². The quantitative estimate of drug-likeness (QED) is 0.687. The molecule has 0 radical (unpaired) electrons. The third-order valence-electron chi connectivity index (χ3n) is 5.69. The number of rotatable bonds is 6. The number of carbonyl (C=O) groups excluding carboxylic acids is 2. The first-order chi connectivity index (χ1) is 15.2. The average Bonchev–Trinajstić information content (AvgIpc) is 3.11. The van der Waals surface area contributed by atoms with Crippen molar-refractivity contribution in [1.82, 2.24) is 5.32 Å². The molecular weight excluding hydrogens is 406 g/mol. The number of aliphatic imine (C=N–C) groups is 1. The molecule has 2 heterocycles. The van der Waals surface area contributed by atoms with Crippen molar-refractivity contribution in [1.29, 1.82) is 5.26 Å². The largest absolute Gasteiger partial charge is 0.466 e. The van der Waals surface area contributed by atoms with Gasteiger partial charge in [-0.05, 0) is 51.5 Å². The van der Waals surface area contributed by atoms with Crippen LogP contribution in [-0.4, -0.2) is 36.9 Å². The molecule has 0 bridgehead atoms. The molecule has 0 fully saturated rings. The van der Waals surface area contributed by atoms with E-state index in [2.05, 4.69) is 16.4 Å². The summed E-state index contributed by atoms with van der Waals surface area (Å²) >= 11 is 0. The molecule has 0 aliphatic carbocycles. The molecular formula is C25H27N3O4. The number of methoxy groups -OCH3 is 1. The number of nitrogens with zero attached hydrogens (tertiary/aromatic N) is 2. The van der Waals surface area contributed by atoms with Crippen molar-refractivity contribution in [2.75, 3.05) is 13.7 Å². The van der Waals surface area contributed by atoms with Gasteiger partial charge in [0.15, 0.2) is 0 Å². The van der Waals surface area contributed by atoms with Crippen molar-refractivity contribution in [2.45, 2.75) is 45.6 Å². The number of esters is 2. The first-order valence-electron chi connectivity index (χ1n) is 10.4. The Labute approximate surface area is 188 Å². The summed E-state index contributed by atoms with van der Waals surface area (Å²) in [6, 6.07) is 8.97. The SMILES string of the molecule is COC(=O)C1=C(C)NC(C)=C(C(=O)OCCC2(C)C=CC(C)=N2)C1c1cccc(C#N)c1. The summed E-state index contributed by atoms with van der Waals surface area (Å²) in [6.45, 7) is 7.61. The van der Waals surface area contributed by atoms with Gasteiger partial charge in [-0.15, -0.1) is 0 Å². The lowest BCUT2D eigenvalue weighted by molar-refractivity contribution is -0.139. The number of hydrogen-bond donors (Lipinski definition) is 1. The fourth-order valence-electron chi connectivity index (χ4n) is 4.11. The molecule has 0 spiro atoms. The molecule has 1 aromatic rings. The van der Waals surface area contributed by atoms with Crippen LogP contribution in [0.5, 0.6) is 0 Å². The van der Waals surface area contributed by atoms with Crippen molar-refractivity contribution in [2.24, 2.45) is 4.99 Å². The van der Waals surface area contributed by atoms with E-state index in [9.17, 15) is 14.9 Å².